The Morgan fingerprint density at radius 1 is 1.05 bits per heavy atom. The number of benzene rings is 2. The first-order valence-electron chi connectivity index (χ1n) is 11.8. The molecule has 40 heavy (non-hydrogen) atoms. The lowest BCUT2D eigenvalue weighted by Crippen LogP contribution is -2.31. The Morgan fingerprint density at radius 2 is 1.82 bits per heavy atom. The smallest absolute Gasteiger partial charge is 0.416 e. The fourth-order valence-corrected chi connectivity index (χ4v) is 3.64. The van der Waals surface area contributed by atoms with Crippen molar-refractivity contribution in [3.63, 3.8) is 0 Å². The molecule has 0 fully saturated rings. The normalized spacial score (nSPS) is 11.8. The van der Waals surface area contributed by atoms with Crippen LogP contribution in [0.1, 0.15) is 31.5 Å². The van der Waals surface area contributed by atoms with E-state index in [0.29, 0.717) is 16.7 Å². The second-order valence-electron chi connectivity index (χ2n) is 9.44. The van der Waals surface area contributed by atoms with E-state index in [9.17, 15) is 33.0 Å². The lowest BCUT2D eigenvalue weighted by atomic mass is 10.1. The highest BCUT2D eigenvalue weighted by Crippen LogP contribution is 2.33. The Labute approximate surface area is 225 Å². The van der Waals surface area contributed by atoms with Crippen molar-refractivity contribution < 1.29 is 37.7 Å². The van der Waals surface area contributed by atoms with Crippen molar-refractivity contribution in [2.45, 2.75) is 38.6 Å². The molecule has 0 saturated carbocycles. The van der Waals surface area contributed by atoms with Crippen LogP contribution in [-0.4, -0.2) is 42.7 Å². The van der Waals surface area contributed by atoms with Crippen LogP contribution >= 0.6 is 0 Å². The number of hydrogen-bond donors (Lipinski definition) is 6. The molecule has 4 rings (SSSR count). The Hall–Kier alpha value is -4.85. The fraction of sp³-hybridized carbons (Fsp3) is 0.231. The summed E-state index contributed by atoms with van der Waals surface area (Å²) in [5, 5.41) is 27.5. The molecule has 0 aliphatic heterocycles. The standard InChI is InChI=1S/C26H25F3N6O5/c1-25(2,39)11-21(37)30-12-16-9-19-22(33-16)23(32-13-31-19)40-17-6-7-18(20(36)10-17)35-24(38)34-15-5-3-4-14(8-15)26(27,28)29/h3-10,13,33,36,39H,11-12H2,1-2H3,(H,30,37)(H2,34,35,38). The zero-order valence-electron chi connectivity index (χ0n) is 21.3. The van der Waals surface area contributed by atoms with E-state index in [2.05, 4.69) is 30.9 Å². The van der Waals surface area contributed by atoms with E-state index in [0.717, 1.165) is 18.2 Å². The minimum atomic E-state index is -4.56. The van der Waals surface area contributed by atoms with Crippen LogP contribution in [0.5, 0.6) is 17.4 Å². The van der Waals surface area contributed by atoms with Crippen molar-refractivity contribution in [3.8, 4) is 17.4 Å². The van der Waals surface area contributed by atoms with Gasteiger partial charge >= 0.3 is 12.2 Å². The summed E-state index contributed by atoms with van der Waals surface area (Å²) in [6, 6.07) is 8.95. The average molecular weight is 559 g/mol. The van der Waals surface area contributed by atoms with Gasteiger partial charge in [-0.25, -0.2) is 9.78 Å². The molecule has 0 saturated heterocycles. The van der Waals surface area contributed by atoms with Crippen molar-refractivity contribution in [1.29, 1.82) is 0 Å². The summed E-state index contributed by atoms with van der Waals surface area (Å²) in [5.74, 6) is -0.414. The molecule has 14 heteroatoms. The minimum Gasteiger partial charge on any atom is -0.506 e. The van der Waals surface area contributed by atoms with Gasteiger partial charge in [0.2, 0.25) is 11.8 Å². The van der Waals surface area contributed by atoms with Crippen molar-refractivity contribution in [1.82, 2.24) is 20.3 Å². The summed E-state index contributed by atoms with van der Waals surface area (Å²) in [7, 11) is 0. The number of aromatic nitrogens is 3. The van der Waals surface area contributed by atoms with E-state index < -0.39 is 23.4 Å². The lowest BCUT2D eigenvalue weighted by Gasteiger charge is -2.15. The number of carbonyl (C=O) groups is 2. The number of anilines is 2. The quantitative estimate of drug-likeness (QED) is 0.168. The van der Waals surface area contributed by atoms with E-state index in [-0.39, 0.29) is 47.6 Å². The predicted octanol–water partition coefficient (Wildman–Crippen LogP) is 4.90. The van der Waals surface area contributed by atoms with Crippen LogP contribution in [0.2, 0.25) is 0 Å². The summed E-state index contributed by atoms with van der Waals surface area (Å²) in [6.07, 6.45) is -3.36. The van der Waals surface area contributed by atoms with Crippen LogP contribution in [0, 0.1) is 0 Å². The number of phenolic OH excluding ortho intramolecular Hbond substituents is 1. The van der Waals surface area contributed by atoms with Crippen LogP contribution < -0.4 is 20.7 Å². The highest BCUT2D eigenvalue weighted by Gasteiger charge is 2.30. The van der Waals surface area contributed by atoms with Crippen LogP contribution in [0.15, 0.2) is 54.9 Å². The first-order chi connectivity index (χ1) is 18.8. The molecular weight excluding hydrogens is 533 g/mol. The molecule has 0 radical (unpaired) electrons. The number of nitrogens with zero attached hydrogens (tertiary/aromatic N) is 2. The Bertz CT molecular complexity index is 1550. The van der Waals surface area contributed by atoms with Gasteiger partial charge in [-0.1, -0.05) is 6.07 Å². The fourth-order valence-electron chi connectivity index (χ4n) is 3.64. The van der Waals surface area contributed by atoms with Gasteiger partial charge in [0.15, 0.2) is 0 Å². The van der Waals surface area contributed by atoms with Crippen LogP contribution in [-0.2, 0) is 17.5 Å². The molecule has 2 aromatic heterocycles. The SMILES string of the molecule is CC(C)(O)CC(=O)NCc1cc2ncnc(Oc3ccc(NC(=O)Nc4cccc(C(F)(F)F)c4)c(O)c3)c2[nH]1. The minimum absolute atomic E-state index is 0.0198. The zero-order chi connectivity index (χ0) is 29.1. The molecule has 0 spiro atoms. The molecule has 6 N–H and O–H groups in total. The number of H-pyrrole nitrogens is 1. The highest BCUT2D eigenvalue weighted by atomic mass is 19.4. The summed E-state index contributed by atoms with van der Waals surface area (Å²) in [5.41, 5.74) is -0.617. The third-order valence-electron chi connectivity index (χ3n) is 5.39. The number of ether oxygens (including phenoxy) is 1. The average Bonchev–Trinajstić information content (AvgIpc) is 3.27. The van der Waals surface area contributed by atoms with E-state index >= 15 is 0 Å². The summed E-state index contributed by atoms with van der Waals surface area (Å²) in [6.45, 7) is 3.21. The van der Waals surface area contributed by atoms with Crippen LogP contribution in [0.25, 0.3) is 11.0 Å². The van der Waals surface area contributed by atoms with E-state index in [1.807, 2.05) is 0 Å². The number of fused-ring (bicyclic) bond motifs is 1. The van der Waals surface area contributed by atoms with Gasteiger partial charge in [-0.3, -0.25) is 4.79 Å². The zero-order valence-corrected chi connectivity index (χ0v) is 21.3. The van der Waals surface area contributed by atoms with Gasteiger partial charge in [0.05, 0.1) is 35.3 Å². The maximum Gasteiger partial charge on any atom is 0.416 e. The van der Waals surface area contributed by atoms with Crippen molar-refractivity contribution in [2.24, 2.45) is 0 Å². The van der Waals surface area contributed by atoms with Crippen molar-refractivity contribution in [3.05, 3.63) is 66.1 Å². The van der Waals surface area contributed by atoms with Crippen molar-refractivity contribution >= 4 is 34.3 Å². The van der Waals surface area contributed by atoms with Gasteiger partial charge in [0.25, 0.3) is 0 Å². The largest absolute Gasteiger partial charge is 0.506 e. The van der Waals surface area contributed by atoms with Gasteiger partial charge in [-0.15, -0.1) is 0 Å². The number of alkyl halides is 3. The van der Waals surface area contributed by atoms with E-state index in [1.54, 1.807) is 6.07 Å². The number of amides is 3. The Balaban J connectivity index is 1.41. The molecule has 0 aliphatic rings. The number of nitrogens with one attached hydrogen (secondary N) is 4. The van der Waals surface area contributed by atoms with Crippen LogP contribution in [0.4, 0.5) is 29.3 Å². The molecule has 3 amide bonds. The first kappa shape index (κ1) is 28.2. The third kappa shape index (κ3) is 7.38. The van der Waals surface area contributed by atoms with E-state index in [4.69, 9.17) is 4.74 Å². The summed E-state index contributed by atoms with van der Waals surface area (Å²) >= 11 is 0. The number of aromatic hydroxyl groups is 1. The third-order valence-corrected chi connectivity index (χ3v) is 5.39. The van der Waals surface area contributed by atoms with Gasteiger partial charge in [0, 0.05) is 17.4 Å². The van der Waals surface area contributed by atoms with Gasteiger partial charge < -0.3 is 35.9 Å². The maximum atomic E-state index is 12.9. The number of hydrogen-bond acceptors (Lipinski definition) is 7. The molecule has 0 unspecified atom stereocenters. The first-order valence-corrected chi connectivity index (χ1v) is 11.8. The second-order valence-corrected chi connectivity index (χ2v) is 9.44. The molecule has 0 atom stereocenters. The number of carbonyl (C=O) groups excluding carboxylic acids is 2. The van der Waals surface area contributed by atoms with Crippen molar-refractivity contribution in [2.75, 3.05) is 10.6 Å². The van der Waals surface area contributed by atoms with Gasteiger partial charge in [0.1, 0.15) is 23.3 Å². The predicted molar refractivity (Wildman–Crippen MR) is 139 cm³/mol. The second kappa shape index (κ2) is 11.1. The number of aromatic amines is 1. The van der Waals surface area contributed by atoms with Gasteiger partial charge in [-0.2, -0.15) is 18.2 Å². The summed E-state index contributed by atoms with van der Waals surface area (Å²) < 4.78 is 44.5. The maximum absolute atomic E-state index is 12.9. The number of rotatable bonds is 8. The Morgan fingerprint density at radius 3 is 2.52 bits per heavy atom. The molecule has 210 valence electrons. The molecule has 0 aliphatic carbocycles. The monoisotopic (exact) mass is 558 g/mol. The molecular formula is C26H25F3N6O5. The number of urea groups is 1. The molecule has 0 bridgehead atoms. The number of halogens is 3. The molecule has 2 heterocycles. The highest BCUT2D eigenvalue weighted by molar-refractivity contribution is 6.00. The lowest BCUT2D eigenvalue weighted by molar-refractivity contribution is -0.137. The summed E-state index contributed by atoms with van der Waals surface area (Å²) in [4.78, 5) is 35.6. The Kier molecular flexibility index (Phi) is 7.81. The molecule has 2 aromatic carbocycles. The van der Waals surface area contributed by atoms with Crippen LogP contribution in [0.3, 0.4) is 0 Å². The number of aliphatic hydroxyl groups is 1. The molecule has 4 aromatic rings. The van der Waals surface area contributed by atoms with Gasteiger partial charge in [-0.05, 0) is 50.2 Å². The molecule has 11 nitrogen and oxygen atoms in total. The number of phenols is 1. The topological polar surface area (TPSA) is 161 Å². The van der Waals surface area contributed by atoms with E-state index in [1.165, 1.54) is 44.4 Å².